The maximum Gasteiger partial charge on any atom is 0.239 e. The van der Waals surface area contributed by atoms with Crippen LogP contribution in [0.3, 0.4) is 0 Å². The zero-order valence-corrected chi connectivity index (χ0v) is 25.6. The normalized spacial score (nSPS) is 29.8. The Kier molecular flexibility index (Phi) is 9.91. The van der Waals surface area contributed by atoms with Crippen LogP contribution >= 0.6 is 0 Å². The molecule has 0 spiro atoms. The van der Waals surface area contributed by atoms with Gasteiger partial charge in [0.25, 0.3) is 0 Å². The van der Waals surface area contributed by atoms with E-state index >= 15 is 0 Å². The number of phenols is 2. The highest BCUT2D eigenvalue weighted by Gasteiger charge is 2.49. The predicted octanol–water partition coefficient (Wildman–Crippen LogP) is 1.06. The van der Waals surface area contributed by atoms with Crippen molar-refractivity contribution in [2.24, 2.45) is 0 Å². The van der Waals surface area contributed by atoms with Gasteiger partial charge in [0.05, 0.1) is 19.8 Å². The summed E-state index contributed by atoms with van der Waals surface area (Å²) >= 11 is 0. The molecule has 46 heavy (non-hydrogen) atoms. The number of rotatable bonds is 8. The topological polar surface area (TPSA) is 218 Å². The Balaban J connectivity index is 1.65. The summed E-state index contributed by atoms with van der Waals surface area (Å²) in [5.74, 6) is -0.982. The number of fused-ring (bicyclic) bond motifs is 1. The molecule has 2 fully saturated rings. The highest BCUT2D eigenvalue weighted by Crippen LogP contribution is 2.40. The molecule has 2 aliphatic rings. The maximum absolute atomic E-state index is 14.2. The highest BCUT2D eigenvalue weighted by molar-refractivity contribution is 5.91. The van der Waals surface area contributed by atoms with Crippen LogP contribution in [0.5, 0.6) is 23.0 Å². The third kappa shape index (κ3) is 6.43. The number of aliphatic hydroxyl groups excluding tert-OH is 5. The van der Waals surface area contributed by atoms with Crippen molar-refractivity contribution in [3.05, 3.63) is 57.8 Å². The lowest BCUT2D eigenvalue weighted by molar-refractivity contribution is -0.341. The van der Waals surface area contributed by atoms with Crippen LogP contribution in [-0.2, 0) is 20.6 Å². The minimum atomic E-state index is -1.75. The molecule has 14 nitrogen and oxygen atoms in total. The Labute approximate surface area is 263 Å². The molecule has 0 bridgehead atoms. The third-order valence-corrected chi connectivity index (χ3v) is 8.01. The van der Waals surface area contributed by atoms with Crippen molar-refractivity contribution < 1.29 is 63.8 Å². The first-order valence-electron chi connectivity index (χ1n) is 14.6. The van der Waals surface area contributed by atoms with Gasteiger partial charge in [-0.05, 0) is 51.5 Å². The number of hydrogen-bond acceptors (Lipinski definition) is 14. The summed E-state index contributed by atoms with van der Waals surface area (Å²) in [4.78, 5) is 14.2. The van der Waals surface area contributed by atoms with Crippen LogP contribution < -0.4 is 14.9 Å². The number of hydrogen-bond donors (Lipinski definition) is 7. The van der Waals surface area contributed by atoms with Gasteiger partial charge in [-0.3, -0.25) is 4.79 Å². The van der Waals surface area contributed by atoms with Crippen molar-refractivity contribution in [1.82, 2.24) is 0 Å². The zero-order chi connectivity index (χ0) is 33.4. The van der Waals surface area contributed by atoms with Crippen molar-refractivity contribution in [3.63, 3.8) is 0 Å². The summed E-state index contributed by atoms with van der Waals surface area (Å²) in [6.45, 7) is 4.76. The van der Waals surface area contributed by atoms with E-state index < -0.39 is 78.8 Å². The summed E-state index contributed by atoms with van der Waals surface area (Å²) in [5.41, 5.74) is 0.550. The van der Waals surface area contributed by atoms with E-state index in [4.69, 9.17) is 28.1 Å². The average molecular weight is 647 g/mol. The van der Waals surface area contributed by atoms with Crippen LogP contribution in [-0.4, -0.2) is 105 Å². The number of allylic oxidation sites excluding steroid dienone is 2. The summed E-state index contributed by atoms with van der Waals surface area (Å²) in [6.07, 6.45) is -11.9. The summed E-state index contributed by atoms with van der Waals surface area (Å²) in [7, 11) is 1.48. The van der Waals surface area contributed by atoms with Crippen LogP contribution in [0, 0.1) is 0 Å². The van der Waals surface area contributed by atoms with Gasteiger partial charge in [0.1, 0.15) is 58.7 Å². The Hall–Kier alpha value is -3.73. The van der Waals surface area contributed by atoms with E-state index in [1.807, 2.05) is 19.9 Å². The van der Waals surface area contributed by atoms with Crippen molar-refractivity contribution in [2.45, 2.75) is 82.5 Å². The Morgan fingerprint density at radius 1 is 0.957 bits per heavy atom. The molecule has 0 aliphatic carbocycles. The molecule has 0 saturated carbocycles. The quantitative estimate of drug-likeness (QED) is 0.170. The van der Waals surface area contributed by atoms with Gasteiger partial charge in [0, 0.05) is 17.2 Å². The molecule has 3 heterocycles. The smallest absolute Gasteiger partial charge is 0.239 e. The lowest BCUT2D eigenvalue weighted by Crippen LogP contribution is -2.62. The minimum Gasteiger partial charge on any atom is -0.507 e. The van der Waals surface area contributed by atoms with Gasteiger partial charge in [-0.25, -0.2) is 0 Å². The second kappa shape index (κ2) is 13.6. The van der Waals surface area contributed by atoms with E-state index in [2.05, 4.69) is 0 Å². The summed E-state index contributed by atoms with van der Waals surface area (Å²) < 4.78 is 34.5. The Morgan fingerprint density at radius 3 is 2.30 bits per heavy atom. The molecule has 2 aromatic carbocycles. The lowest BCUT2D eigenvalue weighted by atomic mass is 9.99. The molecular weight excluding hydrogens is 608 g/mol. The first kappa shape index (κ1) is 33.6. The van der Waals surface area contributed by atoms with Crippen LogP contribution in [0.4, 0.5) is 0 Å². The average Bonchev–Trinajstić information content (AvgIpc) is 3.02. The first-order valence-corrected chi connectivity index (χ1v) is 14.6. The molecule has 0 amide bonds. The SMILES string of the molecule is COc1ccc(-c2oc3c(CC=C(C)C)c(O)cc(O)c3c(=O)c2O[C@@H]2O[C@H](C)[C@@H](O)[C@H](O)[C@@H]2O[C@H]2OC[C@H](O)[C@@H](O)[C@@H]2O)cc1. The van der Waals surface area contributed by atoms with Gasteiger partial charge >= 0.3 is 0 Å². The van der Waals surface area contributed by atoms with Crippen molar-refractivity contribution in [1.29, 1.82) is 0 Å². The fourth-order valence-corrected chi connectivity index (χ4v) is 5.32. The molecule has 2 aliphatic heterocycles. The molecule has 5 rings (SSSR count). The fourth-order valence-electron chi connectivity index (χ4n) is 5.32. The lowest BCUT2D eigenvalue weighted by Gasteiger charge is -2.44. The molecule has 2 saturated heterocycles. The second-order valence-electron chi connectivity index (χ2n) is 11.6. The van der Waals surface area contributed by atoms with E-state index in [1.165, 1.54) is 14.0 Å². The van der Waals surface area contributed by atoms with Gasteiger partial charge in [-0.1, -0.05) is 11.6 Å². The predicted molar refractivity (Wildman–Crippen MR) is 161 cm³/mol. The summed E-state index contributed by atoms with van der Waals surface area (Å²) in [6, 6.07) is 7.42. The molecule has 3 aromatic rings. The molecule has 0 radical (unpaired) electrons. The molecule has 1 aromatic heterocycles. The molecule has 0 unspecified atom stereocenters. The molecule has 250 valence electrons. The number of benzene rings is 2. The van der Waals surface area contributed by atoms with E-state index in [0.29, 0.717) is 11.3 Å². The number of ether oxygens (including phenoxy) is 5. The van der Waals surface area contributed by atoms with Crippen LogP contribution in [0.2, 0.25) is 0 Å². The van der Waals surface area contributed by atoms with E-state index in [9.17, 15) is 40.5 Å². The molecular formula is C32H38O14. The number of aromatic hydroxyl groups is 2. The largest absolute Gasteiger partial charge is 0.507 e. The van der Waals surface area contributed by atoms with Crippen LogP contribution in [0.15, 0.2) is 51.2 Å². The number of aliphatic hydroxyl groups is 5. The Morgan fingerprint density at radius 2 is 1.65 bits per heavy atom. The number of phenolic OH excluding ortho intramolecular Hbond substituents is 2. The number of methoxy groups -OCH3 is 1. The van der Waals surface area contributed by atoms with Crippen molar-refractivity contribution >= 4 is 11.0 Å². The Bertz CT molecular complexity index is 1630. The summed E-state index contributed by atoms with van der Waals surface area (Å²) in [5, 5.41) is 73.3. The third-order valence-electron chi connectivity index (χ3n) is 8.01. The highest BCUT2D eigenvalue weighted by atomic mass is 16.8. The van der Waals surface area contributed by atoms with E-state index in [1.54, 1.807) is 24.3 Å². The van der Waals surface area contributed by atoms with E-state index in [-0.39, 0.29) is 34.5 Å². The molecule has 7 N–H and O–H groups in total. The monoisotopic (exact) mass is 646 g/mol. The van der Waals surface area contributed by atoms with Gasteiger partial charge in [-0.15, -0.1) is 0 Å². The molecule has 14 heteroatoms. The molecule has 9 atom stereocenters. The second-order valence-corrected chi connectivity index (χ2v) is 11.6. The minimum absolute atomic E-state index is 0.0920. The van der Waals surface area contributed by atoms with E-state index in [0.717, 1.165) is 11.6 Å². The van der Waals surface area contributed by atoms with Gasteiger partial charge in [-0.2, -0.15) is 0 Å². The van der Waals surface area contributed by atoms with Gasteiger partial charge < -0.3 is 63.8 Å². The van der Waals surface area contributed by atoms with Gasteiger partial charge in [0.15, 0.2) is 18.2 Å². The maximum atomic E-state index is 14.2. The zero-order valence-electron chi connectivity index (χ0n) is 25.6. The fraction of sp³-hybridized carbons (Fsp3) is 0.469. The first-order chi connectivity index (χ1) is 21.8. The van der Waals surface area contributed by atoms with Crippen molar-refractivity contribution in [3.8, 4) is 34.3 Å². The standard InChI is InChI=1S/C32H38O14/c1-13(2)5-10-17-18(33)11-19(34)21-24(38)29(27(44-28(17)21)15-6-8-16(41-4)9-7-15)45-32-30(25(39)22(36)14(3)43-32)46-31-26(40)23(37)20(35)12-42-31/h5-9,11,14,20,22-23,25-26,30-37,39-40H,10,12H2,1-4H3/t14-,20+,22-,23-,25+,26+,30+,31-,32+/m1/s1. The van der Waals surface area contributed by atoms with Crippen LogP contribution in [0.1, 0.15) is 26.3 Å². The van der Waals surface area contributed by atoms with Gasteiger partial charge in [0.2, 0.25) is 17.5 Å². The van der Waals surface area contributed by atoms with Crippen LogP contribution in [0.25, 0.3) is 22.3 Å². The van der Waals surface area contributed by atoms with Crippen molar-refractivity contribution in [2.75, 3.05) is 13.7 Å².